The standard InChI is InChI=1S/C19H25BrN2O4/c1-5-8-22-18(23)15(21-19(22)24)10-13-9-14(20)17(26-12(4)6-2)16(11-13)25-7-3/h9-12H,5-8H2,1-4H3,(H,21,24)/b15-10+/t12-/m0/s1. The largest absolute Gasteiger partial charge is 0.490 e. The molecule has 142 valence electrons. The molecule has 2 rings (SSSR count). The van der Waals surface area contributed by atoms with E-state index in [1.165, 1.54) is 4.90 Å². The first-order valence-corrected chi connectivity index (χ1v) is 9.68. The average molecular weight is 425 g/mol. The minimum Gasteiger partial charge on any atom is -0.490 e. The third-order valence-corrected chi connectivity index (χ3v) is 4.54. The molecule has 26 heavy (non-hydrogen) atoms. The van der Waals surface area contributed by atoms with Crippen LogP contribution in [0.15, 0.2) is 22.3 Å². The van der Waals surface area contributed by atoms with Crippen LogP contribution in [-0.2, 0) is 4.79 Å². The molecular weight excluding hydrogens is 400 g/mol. The Bertz CT molecular complexity index is 718. The molecule has 0 saturated carbocycles. The number of imide groups is 1. The van der Waals surface area contributed by atoms with Crippen LogP contribution in [0.1, 0.15) is 46.1 Å². The van der Waals surface area contributed by atoms with Crippen LogP contribution >= 0.6 is 15.9 Å². The number of urea groups is 1. The molecule has 1 saturated heterocycles. The number of benzene rings is 1. The monoisotopic (exact) mass is 424 g/mol. The zero-order valence-corrected chi connectivity index (χ0v) is 17.2. The van der Waals surface area contributed by atoms with Crippen molar-refractivity contribution in [1.82, 2.24) is 10.2 Å². The Morgan fingerprint density at radius 3 is 2.62 bits per heavy atom. The van der Waals surface area contributed by atoms with Crippen LogP contribution in [0.3, 0.4) is 0 Å². The van der Waals surface area contributed by atoms with E-state index in [-0.39, 0.29) is 23.7 Å². The Morgan fingerprint density at radius 1 is 1.27 bits per heavy atom. The number of ether oxygens (including phenoxy) is 2. The molecule has 1 fully saturated rings. The summed E-state index contributed by atoms with van der Waals surface area (Å²) in [5, 5.41) is 2.63. The smallest absolute Gasteiger partial charge is 0.329 e. The first kappa shape index (κ1) is 20.3. The summed E-state index contributed by atoms with van der Waals surface area (Å²) in [7, 11) is 0. The number of nitrogens with one attached hydrogen (secondary N) is 1. The van der Waals surface area contributed by atoms with E-state index in [1.54, 1.807) is 12.1 Å². The molecule has 1 heterocycles. The Labute approximate surface area is 162 Å². The predicted octanol–water partition coefficient (Wildman–Crippen LogP) is 4.33. The molecule has 1 N–H and O–H groups in total. The number of rotatable bonds is 8. The van der Waals surface area contributed by atoms with Crippen molar-refractivity contribution in [3.8, 4) is 11.5 Å². The van der Waals surface area contributed by atoms with Crippen molar-refractivity contribution in [3.05, 3.63) is 27.9 Å². The van der Waals surface area contributed by atoms with E-state index in [9.17, 15) is 9.59 Å². The third kappa shape index (κ3) is 4.58. The lowest BCUT2D eigenvalue weighted by molar-refractivity contribution is -0.122. The Kier molecular flexibility index (Phi) is 7.08. The Balaban J connectivity index is 2.36. The molecule has 7 heteroatoms. The lowest BCUT2D eigenvalue weighted by Crippen LogP contribution is -2.31. The van der Waals surface area contributed by atoms with Crippen LogP contribution in [0.4, 0.5) is 4.79 Å². The van der Waals surface area contributed by atoms with Crippen LogP contribution in [-0.4, -0.2) is 36.1 Å². The summed E-state index contributed by atoms with van der Waals surface area (Å²) >= 11 is 3.52. The lowest BCUT2D eigenvalue weighted by Gasteiger charge is -2.18. The van der Waals surface area contributed by atoms with Gasteiger partial charge in [0, 0.05) is 6.54 Å². The highest BCUT2D eigenvalue weighted by molar-refractivity contribution is 9.10. The molecule has 1 aromatic rings. The molecule has 1 aliphatic rings. The zero-order valence-electron chi connectivity index (χ0n) is 15.6. The highest BCUT2D eigenvalue weighted by Crippen LogP contribution is 2.38. The minimum absolute atomic E-state index is 0.0491. The van der Waals surface area contributed by atoms with Gasteiger partial charge in [0.05, 0.1) is 17.2 Å². The number of hydrogen-bond donors (Lipinski definition) is 1. The van der Waals surface area contributed by atoms with Crippen molar-refractivity contribution < 1.29 is 19.1 Å². The summed E-state index contributed by atoms with van der Waals surface area (Å²) in [5.41, 5.74) is 0.993. The maximum atomic E-state index is 12.4. The second-order valence-corrected chi connectivity index (χ2v) is 6.90. The minimum atomic E-state index is -0.385. The van der Waals surface area contributed by atoms with E-state index in [0.29, 0.717) is 31.1 Å². The van der Waals surface area contributed by atoms with Gasteiger partial charge in [-0.25, -0.2) is 4.79 Å². The molecule has 6 nitrogen and oxygen atoms in total. The first-order chi connectivity index (χ1) is 12.4. The highest BCUT2D eigenvalue weighted by atomic mass is 79.9. The van der Waals surface area contributed by atoms with E-state index < -0.39 is 0 Å². The number of halogens is 1. The molecule has 0 bridgehead atoms. The van der Waals surface area contributed by atoms with Gasteiger partial charge in [-0.1, -0.05) is 13.8 Å². The Hall–Kier alpha value is -2.02. The second-order valence-electron chi connectivity index (χ2n) is 6.04. The summed E-state index contributed by atoms with van der Waals surface area (Å²) in [6, 6.07) is 3.26. The molecule has 1 aromatic carbocycles. The lowest BCUT2D eigenvalue weighted by atomic mass is 10.1. The van der Waals surface area contributed by atoms with Crippen molar-refractivity contribution in [3.63, 3.8) is 0 Å². The van der Waals surface area contributed by atoms with Gasteiger partial charge in [-0.2, -0.15) is 0 Å². The predicted molar refractivity (Wildman–Crippen MR) is 104 cm³/mol. The van der Waals surface area contributed by atoms with Gasteiger partial charge in [0.25, 0.3) is 5.91 Å². The first-order valence-electron chi connectivity index (χ1n) is 8.88. The molecule has 3 amide bonds. The average Bonchev–Trinajstić information content (AvgIpc) is 2.86. The van der Waals surface area contributed by atoms with Crippen molar-refractivity contribution in [2.75, 3.05) is 13.2 Å². The van der Waals surface area contributed by atoms with Crippen LogP contribution in [0, 0.1) is 0 Å². The van der Waals surface area contributed by atoms with E-state index >= 15 is 0 Å². The van der Waals surface area contributed by atoms with Gasteiger partial charge in [0.15, 0.2) is 11.5 Å². The van der Waals surface area contributed by atoms with Crippen LogP contribution < -0.4 is 14.8 Å². The highest BCUT2D eigenvalue weighted by Gasteiger charge is 2.32. The third-order valence-electron chi connectivity index (χ3n) is 3.95. The molecular formula is C19H25BrN2O4. The summed E-state index contributed by atoms with van der Waals surface area (Å²) in [6.07, 6.45) is 3.29. The number of carbonyl (C=O) groups excluding carboxylic acids is 2. The molecule has 0 radical (unpaired) electrons. The topological polar surface area (TPSA) is 67.9 Å². The number of nitrogens with zero attached hydrogens (tertiary/aromatic N) is 1. The van der Waals surface area contributed by atoms with E-state index in [2.05, 4.69) is 21.2 Å². The number of carbonyl (C=O) groups is 2. The summed E-state index contributed by atoms with van der Waals surface area (Å²) < 4.78 is 12.4. The molecule has 0 unspecified atom stereocenters. The molecule has 0 aromatic heterocycles. The molecule has 0 aliphatic carbocycles. The zero-order chi connectivity index (χ0) is 19.3. The fraction of sp³-hybridized carbons (Fsp3) is 0.474. The number of hydrogen-bond acceptors (Lipinski definition) is 4. The van der Waals surface area contributed by atoms with Crippen molar-refractivity contribution in [2.24, 2.45) is 0 Å². The van der Waals surface area contributed by atoms with E-state index in [4.69, 9.17) is 9.47 Å². The maximum Gasteiger partial charge on any atom is 0.329 e. The van der Waals surface area contributed by atoms with E-state index in [1.807, 2.05) is 33.8 Å². The van der Waals surface area contributed by atoms with Crippen LogP contribution in [0.25, 0.3) is 6.08 Å². The second kappa shape index (κ2) is 9.07. The van der Waals surface area contributed by atoms with Crippen LogP contribution in [0.2, 0.25) is 0 Å². The number of amides is 3. The molecule has 1 aliphatic heterocycles. The quantitative estimate of drug-likeness (QED) is 0.498. The van der Waals surface area contributed by atoms with Crippen molar-refractivity contribution >= 4 is 33.9 Å². The molecule has 0 spiro atoms. The summed E-state index contributed by atoms with van der Waals surface area (Å²) in [6.45, 7) is 8.75. The van der Waals surface area contributed by atoms with Gasteiger partial charge >= 0.3 is 6.03 Å². The van der Waals surface area contributed by atoms with Gasteiger partial charge in [-0.15, -0.1) is 0 Å². The van der Waals surface area contributed by atoms with Gasteiger partial charge in [-0.05, 0) is 66.4 Å². The Morgan fingerprint density at radius 2 is 2.00 bits per heavy atom. The fourth-order valence-electron chi connectivity index (χ4n) is 2.50. The van der Waals surface area contributed by atoms with Crippen molar-refractivity contribution in [1.29, 1.82) is 0 Å². The van der Waals surface area contributed by atoms with E-state index in [0.717, 1.165) is 16.5 Å². The summed E-state index contributed by atoms with van der Waals surface area (Å²) in [5.74, 6) is 0.916. The molecule has 1 atom stereocenters. The normalized spacial score (nSPS) is 16.8. The van der Waals surface area contributed by atoms with Crippen molar-refractivity contribution in [2.45, 2.75) is 46.6 Å². The maximum absolute atomic E-state index is 12.4. The summed E-state index contributed by atoms with van der Waals surface area (Å²) in [4.78, 5) is 25.5. The van der Waals surface area contributed by atoms with Gasteiger partial charge in [0.2, 0.25) is 0 Å². The van der Waals surface area contributed by atoms with Gasteiger partial charge in [0.1, 0.15) is 5.70 Å². The van der Waals surface area contributed by atoms with Gasteiger partial charge < -0.3 is 14.8 Å². The SMILES string of the molecule is CCCN1C(=O)N/C(=C/c2cc(Br)c(O[C@@H](C)CC)c(OCC)c2)C1=O. The van der Waals surface area contributed by atoms with Crippen LogP contribution in [0.5, 0.6) is 11.5 Å². The fourth-order valence-corrected chi connectivity index (χ4v) is 3.05. The van der Waals surface area contributed by atoms with Gasteiger partial charge in [-0.3, -0.25) is 9.69 Å².